The zero-order chi connectivity index (χ0) is 24.0. The van der Waals surface area contributed by atoms with Crippen molar-refractivity contribution in [2.24, 2.45) is 0 Å². The number of benzene rings is 3. The maximum absolute atomic E-state index is 14.0. The lowest BCUT2D eigenvalue weighted by molar-refractivity contribution is -0.133. The fraction of sp³-hybridized carbons (Fsp3) is 0.115. The third kappa shape index (κ3) is 3.45. The number of anilines is 1. The normalized spacial score (nSPS) is 19.3. The van der Waals surface area contributed by atoms with Gasteiger partial charge in [0.25, 0.3) is 5.91 Å². The molecule has 1 aliphatic heterocycles. The molecule has 1 spiro atoms. The molecule has 5 rings (SSSR count). The summed E-state index contributed by atoms with van der Waals surface area (Å²) in [4.78, 5) is 41.2. The van der Waals surface area contributed by atoms with Crippen LogP contribution in [0.15, 0.2) is 77.7 Å². The molecule has 0 fully saturated rings. The van der Waals surface area contributed by atoms with Crippen molar-refractivity contribution in [2.45, 2.75) is 12.0 Å². The number of carbonyl (C=O) groups excluding carboxylic acids is 2. The van der Waals surface area contributed by atoms with Crippen molar-refractivity contribution in [3.63, 3.8) is 0 Å². The Labute approximate surface area is 210 Å². The molecule has 8 heteroatoms. The smallest absolute Gasteiger partial charge is 0.313 e. The van der Waals surface area contributed by atoms with E-state index in [0.717, 1.165) is 17.3 Å². The second kappa shape index (κ2) is 8.62. The molecule has 1 atom stereocenters. The SMILES string of the molecule is O=C(O)CSC1=C(c2ccccc2)C2(C(=O)Cc3cc(Cl)ccc32)N(c2cccc(Cl)c2)C1=O. The Hall–Kier alpha value is -3.06. The molecular weight excluding hydrogens is 493 g/mol. The number of carboxylic acids is 1. The number of thioether (sulfide) groups is 1. The minimum absolute atomic E-state index is 0.0907. The van der Waals surface area contributed by atoms with Gasteiger partial charge in [-0.3, -0.25) is 19.3 Å². The van der Waals surface area contributed by atoms with Crippen LogP contribution in [0.5, 0.6) is 0 Å². The third-order valence-corrected chi connectivity index (χ3v) is 7.53. The van der Waals surface area contributed by atoms with Crippen LogP contribution in [0, 0.1) is 0 Å². The van der Waals surface area contributed by atoms with Gasteiger partial charge in [0.15, 0.2) is 11.3 Å². The summed E-state index contributed by atoms with van der Waals surface area (Å²) in [6.07, 6.45) is 0.0907. The first-order valence-corrected chi connectivity index (χ1v) is 12.1. The number of nitrogens with zero attached hydrogens (tertiary/aromatic N) is 1. The van der Waals surface area contributed by atoms with Gasteiger partial charge in [0.05, 0.1) is 10.7 Å². The maximum Gasteiger partial charge on any atom is 0.313 e. The summed E-state index contributed by atoms with van der Waals surface area (Å²) in [6, 6.07) is 21.1. The lowest BCUT2D eigenvalue weighted by Gasteiger charge is -2.37. The van der Waals surface area contributed by atoms with E-state index >= 15 is 0 Å². The number of amides is 1. The van der Waals surface area contributed by atoms with E-state index in [1.807, 2.05) is 30.3 Å². The molecule has 3 aromatic rings. The summed E-state index contributed by atoms with van der Waals surface area (Å²) >= 11 is 13.4. The zero-order valence-electron chi connectivity index (χ0n) is 17.6. The van der Waals surface area contributed by atoms with Crippen molar-refractivity contribution < 1.29 is 19.5 Å². The second-order valence-electron chi connectivity index (χ2n) is 7.98. The first-order valence-electron chi connectivity index (χ1n) is 10.4. The number of carbonyl (C=O) groups is 3. The lowest BCUT2D eigenvalue weighted by atomic mass is 9.80. The van der Waals surface area contributed by atoms with Crippen LogP contribution >= 0.6 is 35.0 Å². The highest BCUT2D eigenvalue weighted by Gasteiger charge is 2.61. The predicted octanol–water partition coefficient (Wildman–Crippen LogP) is 5.59. The van der Waals surface area contributed by atoms with Crippen LogP contribution < -0.4 is 4.90 Å². The Morgan fingerprint density at radius 2 is 1.71 bits per heavy atom. The molecule has 0 saturated carbocycles. The van der Waals surface area contributed by atoms with Gasteiger partial charge < -0.3 is 5.11 Å². The van der Waals surface area contributed by atoms with Gasteiger partial charge in [-0.15, -0.1) is 11.8 Å². The van der Waals surface area contributed by atoms with Crippen LogP contribution in [-0.2, 0) is 26.3 Å². The summed E-state index contributed by atoms with van der Waals surface area (Å²) in [5.74, 6) is -2.01. The van der Waals surface area contributed by atoms with Crippen molar-refractivity contribution in [3.8, 4) is 0 Å². The van der Waals surface area contributed by atoms with Gasteiger partial charge in [0, 0.05) is 27.7 Å². The maximum atomic E-state index is 14.0. The van der Waals surface area contributed by atoms with E-state index in [0.29, 0.717) is 32.4 Å². The van der Waals surface area contributed by atoms with Crippen molar-refractivity contribution in [2.75, 3.05) is 10.7 Å². The number of rotatable bonds is 5. The molecule has 1 unspecified atom stereocenters. The molecule has 34 heavy (non-hydrogen) atoms. The molecule has 1 aliphatic carbocycles. The molecule has 0 bridgehead atoms. The molecule has 2 aliphatic rings. The van der Waals surface area contributed by atoms with Gasteiger partial charge in [-0.05, 0) is 47.0 Å². The summed E-state index contributed by atoms with van der Waals surface area (Å²) < 4.78 is 0. The Bertz CT molecular complexity index is 1390. The Morgan fingerprint density at radius 1 is 0.971 bits per heavy atom. The van der Waals surface area contributed by atoms with Gasteiger partial charge in [-0.1, -0.05) is 65.7 Å². The van der Waals surface area contributed by atoms with E-state index in [4.69, 9.17) is 23.2 Å². The number of halogens is 2. The van der Waals surface area contributed by atoms with E-state index in [1.54, 1.807) is 42.5 Å². The number of hydrogen-bond acceptors (Lipinski definition) is 4. The standard InChI is InChI=1S/C26H17Cl2NO4S/c27-17-7-4-8-19(13-17)29-25(33)24(34-14-22(31)32)23(15-5-2-1-3-6-15)26(29)20-10-9-18(28)11-16(20)12-21(26)30/h1-11,13H,12,14H2,(H,31,32). The fourth-order valence-electron chi connectivity index (χ4n) is 4.81. The van der Waals surface area contributed by atoms with Gasteiger partial charge in [0.1, 0.15) is 0 Å². The molecule has 3 aromatic carbocycles. The lowest BCUT2D eigenvalue weighted by Crippen LogP contribution is -2.49. The molecule has 5 nitrogen and oxygen atoms in total. The number of hydrogen-bond donors (Lipinski definition) is 1. The monoisotopic (exact) mass is 509 g/mol. The van der Waals surface area contributed by atoms with Gasteiger partial charge >= 0.3 is 5.97 Å². The Balaban J connectivity index is 1.87. The van der Waals surface area contributed by atoms with E-state index in [9.17, 15) is 19.5 Å². The molecule has 1 heterocycles. The van der Waals surface area contributed by atoms with Gasteiger partial charge in [0.2, 0.25) is 0 Å². The van der Waals surface area contributed by atoms with Crippen molar-refractivity contribution in [1.29, 1.82) is 0 Å². The highest BCUT2D eigenvalue weighted by atomic mass is 35.5. The number of aliphatic carboxylic acids is 1. The third-order valence-electron chi connectivity index (χ3n) is 6.00. The molecule has 1 amide bonds. The first kappa shape index (κ1) is 22.7. The van der Waals surface area contributed by atoms with E-state index < -0.39 is 17.4 Å². The van der Waals surface area contributed by atoms with Crippen molar-refractivity contribution in [1.82, 2.24) is 0 Å². The topological polar surface area (TPSA) is 74.7 Å². The summed E-state index contributed by atoms with van der Waals surface area (Å²) in [6.45, 7) is 0. The quantitative estimate of drug-likeness (QED) is 0.485. The van der Waals surface area contributed by atoms with Crippen LogP contribution in [-0.4, -0.2) is 28.5 Å². The fourth-order valence-corrected chi connectivity index (χ4v) is 6.08. The highest BCUT2D eigenvalue weighted by Crippen LogP contribution is 2.57. The summed E-state index contributed by atoms with van der Waals surface area (Å²) in [7, 11) is 0. The molecule has 0 radical (unpaired) electrons. The molecule has 0 aromatic heterocycles. The number of fused-ring (bicyclic) bond motifs is 2. The van der Waals surface area contributed by atoms with E-state index in [2.05, 4.69) is 0 Å². The predicted molar refractivity (Wildman–Crippen MR) is 134 cm³/mol. The zero-order valence-corrected chi connectivity index (χ0v) is 20.0. The largest absolute Gasteiger partial charge is 0.481 e. The average molecular weight is 510 g/mol. The van der Waals surface area contributed by atoms with E-state index in [-0.39, 0.29) is 22.9 Å². The van der Waals surface area contributed by atoms with Gasteiger partial charge in [-0.25, -0.2) is 0 Å². The van der Waals surface area contributed by atoms with Crippen molar-refractivity contribution >= 4 is 63.9 Å². The second-order valence-corrected chi connectivity index (χ2v) is 9.84. The van der Waals surface area contributed by atoms with Crippen LogP contribution in [0.25, 0.3) is 5.57 Å². The average Bonchev–Trinajstić information content (AvgIpc) is 3.23. The highest BCUT2D eigenvalue weighted by molar-refractivity contribution is 8.04. The van der Waals surface area contributed by atoms with Crippen LogP contribution in [0.4, 0.5) is 5.69 Å². The molecule has 1 N–H and O–H groups in total. The minimum atomic E-state index is -1.47. The number of Topliss-reactive ketones (excluding diaryl/α,β-unsaturated/α-hetero) is 1. The van der Waals surface area contributed by atoms with Crippen LogP contribution in [0.3, 0.4) is 0 Å². The number of carboxylic acid groups (broad SMARTS) is 1. The number of ketones is 1. The molecule has 170 valence electrons. The van der Waals surface area contributed by atoms with Crippen LogP contribution in [0.1, 0.15) is 16.7 Å². The Kier molecular flexibility index (Phi) is 5.76. The summed E-state index contributed by atoms with van der Waals surface area (Å²) in [5.41, 5.74) is 1.52. The summed E-state index contributed by atoms with van der Waals surface area (Å²) in [5, 5.41) is 10.3. The Morgan fingerprint density at radius 3 is 2.41 bits per heavy atom. The minimum Gasteiger partial charge on any atom is -0.481 e. The molecule has 0 saturated heterocycles. The van der Waals surface area contributed by atoms with Crippen LogP contribution in [0.2, 0.25) is 10.0 Å². The van der Waals surface area contributed by atoms with Crippen molar-refractivity contribution in [3.05, 3.63) is 104 Å². The van der Waals surface area contributed by atoms with E-state index in [1.165, 1.54) is 4.90 Å². The first-order chi connectivity index (χ1) is 16.3. The molecular formula is C26H17Cl2NO4S. The van der Waals surface area contributed by atoms with Gasteiger partial charge in [-0.2, -0.15) is 0 Å².